The Balaban J connectivity index is 4.44. The number of nitrogens with one attached hydrogen (secondary N) is 1. The van der Waals surface area contributed by atoms with E-state index in [1.807, 2.05) is 6.08 Å². The molecule has 146 valence electrons. The lowest BCUT2D eigenvalue weighted by Gasteiger charge is -2.36. The van der Waals surface area contributed by atoms with E-state index in [1.165, 1.54) is 4.90 Å². The van der Waals surface area contributed by atoms with Crippen molar-refractivity contribution in [3.63, 3.8) is 0 Å². The number of nitrogens with zero attached hydrogens (tertiary/aromatic N) is 1. The number of unbranched alkanes of at least 4 members (excludes halogenated alkanes) is 2. The van der Waals surface area contributed by atoms with E-state index >= 15 is 0 Å². The van der Waals surface area contributed by atoms with Crippen LogP contribution in [-0.2, 0) is 9.22 Å². The number of carbonyl (C=O) groups excluding carboxylic acids is 1. The van der Waals surface area contributed by atoms with Gasteiger partial charge in [-0.2, -0.15) is 0 Å². The molecule has 0 heterocycles. The van der Waals surface area contributed by atoms with E-state index in [1.54, 1.807) is 7.05 Å². The van der Waals surface area contributed by atoms with Crippen LogP contribution in [0.25, 0.3) is 0 Å². The van der Waals surface area contributed by atoms with Crippen LogP contribution in [0, 0.1) is 0 Å². The summed E-state index contributed by atoms with van der Waals surface area (Å²) in [5.41, 5.74) is 0. The van der Waals surface area contributed by atoms with Gasteiger partial charge in [-0.25, -0.2) is 9.59 Å². The van der Waals surface area contributed by atoms with Crippen molar-refractivity contribution in [3.05, 3.63) is 12.7 Å². The molecule has 0 aromatic carbocycles. The predicted molar refractivity (Wildman–Crippen MR) is 104 cm³/mol. The van der Waals surface area contributed by atoms with Crippen molar-refractivity contribution in [1.29, 1.82) is 0 Å². The van der Waals surface area contributed by atoms with Gasteiger partial charge in [-0.05, 0) is 37.4 Å². The van der Waals surface area contributed by atoms with Crippen LogP contribution in [0.3, 0.4) is 0 Å². The molecular formula is C18H36N2O4Si. The van der Waals surface area contributed by atoms with E-state index in [0.29, 0.717) is 13.2 Å². The maximum atomic E-state index is 12.1. The van der Waals surface area contributed by atoms with Crippen molar-refractivity contribution >= 4 is 20.3 Å². The van der Waals surface area contributed by atoms with Gasteiger partial charge in [-0.15, -0.1) is 6.58 Å². The minimum absolute atomic E-state index is 0.0701. The van der Waals surface area contributed by atoms with Crippen molar-refractivity contribution in [2.24, 2.45) is 0 Å². The molecule has 0 radical (unpaired) electrons. The first-order valence-corrected chi connectivity index (χ1v) is 11.8. The van der Waals surface area contributed by atoms with Gasteiger partial charge in [0.05, 0.1) is 0 Å². The number of allylic oxidation sites excluding steroid dienone is 1. The quantitative estimate of drug-likeness (QED) is 0.328. The second-order valence-electron chi connectivity index (χ2n) is 7.94. The molecule has 0 saturated carbocycles. The summed E-state index contributed by atoms with van der Waals surface area (Å²) in [6.07, 6.45) is 4.85. The number of carbonyl (C=O) groups is 2. The highest BCUT2D eigenvalue weighted by atomic mass is 28.4. The molecule has 7 heteroatoms. The van der Waals surface area contributed by atoms with Gasteiger partial charge in [0.2, 0.25) is 0 Å². The normalized spacial score (nSPS) is 13.2. The zero-order chi connectivity index (χ0) is 19.7. The standard InChI is InChI=1S/C18H36N2O4Si/c1-8-9-10-11-13-20(5)17(23)19-15(16(21)22)12-14-24-25(6,7)18(2,3)4/h8,15H,1,9-14H2,2-7H3,(H,19,23)(H,21,22). The van der Waals surface area contributed by atoms with Crippen LogP contribution in [0.5, 0.6) is 0 Å². The van der Waals surface area contributed by atoms with Crippen LogP contribution in [-0.4, -0.2) is 56.6 Å². The number of rotatable bonds is 11. The maximum absolute atomic E-state index is 12.1. The molecule has 2 N–H and O–H groups in total. The number of aliphatic carboxylic acids is 1. The lowest BCUT2D eigenvalue weighted by atomic mass is 10.2. The third kappa shape index (κ3) is 9.07. The number of carboxylic acids is 1. The lowest BCUT2D eigenvalue weighted by molar-refractivity contribution is -0.139. The van der Waals surface area contributed by atoms with Crippen molar-refractivity contribution in [2.75, 3.05) is 20.2 Å². The molecule has 1 unspecified atom stereocenters. The van der Waals surface area contributed by atoms with Crippen LogP contribution < -0.4 is 5.32 Å². The summed E-state index contributed by atoms with van der Waals surface area (Å²) in [6.45, 7) is 15.2. The number of hydrogen-bond acceptors (Lipinski definition) is 3. The largest absolute Gasteiger partial charge is 0.480 e. The minimum atomic E-state index is -1.92. The molecule has 25 heavy (non-hydrogen) atoms. The molecule has 0 spiro atoms. The van der Waals surface area contributed by atoms with Gasteiger partial charge in [0.15, 0.2) is 8.32 Å². The molecule has 0 fully saturated rings. The van der Waals surface area contributed by atoms with Crippen LogP contribution in [0.4, 0.5) is 4.79 Å². The molecule has 0 aliphatic heterocycles. The van der Waals surface area contributed by atoms with Crippen LogP contribution in [0.2, 0.25) is 18.1 Å². The van der Waals surface area contributed by atoms with Gasteiger partial charge in [0.1, 0.15) is 6.04 Å². The van der Waals surface area contributed by atoms with Gasteiger partial charge in [-0.3, -0.25) is 0 Å². The first-order chi connectivity index (χ1) is 11.4. The highest BCUT2D eigenvalue weighted by Crippen LogP contribution is 2.36. The maximum Gasteiger partial charge on any atom is 0.326 e. The van der Waals surface area contributed by atoms with Crippen molar-refractivity contribution in [3.8, 4) is 0 Å². The fraction of sp³-hybridized carbons (Fsp3) is 0.778. The third-order valence-electron chi connectivity index (χ3n) is 4.77. The summed E-state index contributed by atoms with van der Waals surface area (Å²) >= 11 is 0. The molecule has 0 bridgehead atoms. The average molecular weight is 373 g/mol. The number of urea groups is 1. The molecule has 0 rings (SSSR count). The Labute approximate surface area is 153 Å². The second-order valence-corrected chi connectivity index (χ2v) is 12.8. The zero-order valence-corrected chi connectivity index (χ0v) is 17.7. The molecule has 6 nitrogen and oxygen atoms in total. The van der Waals surface area contributed by atoms with E-state index in [-0.39, 0.29) is 17.5 Å². The Morgan fingerprint density at radius 2 is 1.92 bits per heavy atom. The van der Waals surface area contributed by atoms with E-state index in [2.05, 4.69) is 45.8 Å². The summed E-state index contributed by atoms with van der Waals surface area (Å²) in [7, 11) is -0.243. The summed E-state index contributed by atoms with van der Waals surface area (Å²) in [6, 6.07) is -1.30. The topological polar surface area (TPSA) is 78.9 Å². The Morgan fingerprint density at radius 1 is 1.32 bits per heavy atom. The molecular weight excluding hydrogens is 336 g/mol. The van der Waals surface area contributed by atoms with Gasteiger partial charge >= 0.3 is 12.0 Å². The van der Waals surface area contributed by atoms with Crippen molar-refractivity contribution in [2.45, 2.75) is 70.6 Å². The highest BCUT2D eigenvalue weighted by molar-refractivity contribution is 6.74. The molecule has 1 atom stereocenters. The molecule has 0 aromatic rings. The van der Waals surface area contributed by atoms with Gasteiger partial charge < -0.3 is 19.7 Å². The third-order valence-corrected chi connectivity index (χ3v) is 9.31. The average Bonchev–Trinajstić information content (AvgIpc) is 2.48. The van der Waals surface area contributed by atoms with E-state index in [9.17, 15) is 14.7 Å². The minimum Gasteiger partial charge on any atom is -0.480 e. The molecule has 0 saturated heterocycles. The van der Waals surface area contributed by atoms with Crippen molar-refractivity contribution < 1.29 is 19.1 Å². The highest BCUT2D eigenvalue weighted by Gasteiger charge is 2.37. The summed E-state index contributed by atoms with van der Waals surface area (Å²) in [5, 5.41) is 12.0. The predicted octanol–water partition coefficient (Wildman–Crippen LogP) is 3.85. The summed E-state index contributed by atoms with van der Waals surface area (Å²) in [5.74, 6) is -1.03. The zero-order valence-electron chi connectivity index (χ0n) is 16.7. The van der Waals surface area contributed by atoms with E-state index in [0.717, 1.165) is 19.3 Å². The smallest absolute Gasteiger partial charge is 0.326 e. The number of hydrogen-bond donors (Lipinski definition) is 2. The summed E-state index contributed by atoms with van der Waals surface area (Å²) in [4.78, 5) is 25.1. The second kappa shape index (κ2) is 10.6. The lowest BCUT2D eigenvalue weighted by Crippen LogP contribution is -2.48. The number of amides is 2. The molecule has 0 aliphatic rings. The van der Waals surface area contributed by atoms with Crippen LogP contribution >= 0.6 is 0 Å². The Hall–Kier alpha value is -1.34. The van der Waals surface area contributed by atoms with Crippen LogP contribution in [0.1, 0.15) is 46.5 Å². The van der Waals surface area contributed by atoms with Gasteiger partial charge in [0.25, 0.3) is 0 Å². The van der Waals surface area contributed by atoms with Gasteiger partial charge in [0, 0.05) is 26.6 Å². The Bertz CT molecular complexity index is 447. The SMILES string of the molecule is C=CCCCCN(C)C(=O)NC(CCO[Si](C)(C)C(C)(C)C)C(=O)O. The molecule has 0 aliphatic carbocycles. The summed E-state index contributed by atoms with van der Waals surface area (Å²) < 4.78 is 6.01. The van der Waals surface area contributed by atoms with Crippen molar-refractivity contribution in [1.82, 2.24) is 10.2 Å². The van der Waals surface area contributed by atoms with E-state index in [4.69, 9.17) is 4.43 Å². The fourth-order valence-corrected chi connectivity index (χ4v) is 2.97. The molecule has 2 amide bonds. The fourth-order valence-electron chi connectivity index (χ4n) is 1.90. The Morgan fingerprint density at radius 3 is 2.40 bits per heavy atom. The first-order valence-electron chi connectivity index (χ1n) is 8.91. The molecule has 0 aromatic heterocycles. The van der Waals surface area contributed by atoms with Gasteiger partial charge in [-0.1, -0.05) is 26.8 Å². The Kier molecular flexibility index (Phi) is 10.0. The van der Waals surface area contributed by atoms with Crippen LogP contribution in [0.15, 0.2) is 12.7 Å². The number of carboxylic acid groups (broad SMARTS) is 1. The van der Waals surface area contributed by atoms with E-state index < -0.39 is 20.3 Å². The first kappa shape index (κ1) is 23.7. The monoisotopic (exact) mass is 372 g/mol.